The van der Waals surface area contributed by atoms with Crippen LogP contribution in [0, 0.1) is 29.4 Å². The number of nitrogens with one attached hydrogen (secondary N) is 1. The number of nitrogens with zero attached hydrogens (tertiary/aromatic N) is 4. The van der Waals surface area contributed by atoms with Crippen molar-refractivity contribution >= 4 is 74.8 Å². The molecule has 0 radical (unpaired) electrons. The summed E-state index contributed by atoms with van der Waals surface area (Å²) in [6.45, 7) is 7.12. The molecule has 1 amide bonds. The second kappa shape index (κ2) is 16.7. The minimum absolute atomic E-state index is 0.00418. The number of carbonyl (C=O) groups is 1. The number of hydrogen-bond acceptors (Lipinski definition) is 10. The van der Waals surface area contributed by atoms with Crippen molar-refractivity contribution in [3.63, 3.8) is 0 Å². The molecule has 2 aromatic carbocycles. The maximum Gasteiger partial charge on any atom is 0.408 e. The molecule has 13 nitrogen and oxygen atoms in total. The van der Waals surface area contributed by atoms with Gasteiger partial charge in [-0.25, -0.2) is 43.8 Å². The Balaban J connectivity index is 2.10. The Labute approximate surface area is 361 Å². The first kappa shape index (κ1) is 48.3. The first-order valence-corrected chi connectivity index (χ1v) is 24.5. The van der Waals surface area contributed by atoms with Crippen molar-refractivity contribution < 1.29 is 56.7 Å². The predicted octanol–water partition coefficient (Wildman–Crippen LogP) is 5.57. The standard InChI is InChI=1S/C40H43ClF5N5O8S3/c1-22-16-28(41)33-35(50(21-40(44,45)46)49-36(33)51(61(8,55)56)62(9,57)58)31(22)32-27-13-11-10-12-26(27)29(14-15-39(5,6)60(7,53)54)47-34(32)30(48-37(52)59-38(2,3)4)19-23-17-24(42)20-25(43)18-23/h10-13,17-18,20,22,30H,16,19,21H2,1-9H3,(H,48,52)/t22?,30-/m0/s1. The van der Waals surface area contributed by atoms with Gasteiger partial charge in [-0.2, -0.15) is 18.3 Å². The molecule has 0 saturated heterocycles. The fourth-order valence-corrected chi connectivity index (χ4v) is 10.4. The number of amides is 1. The Kier molecular flexibility index (Phi) is 13.0. The van der Waals surface area contributed by atoms with E-state index >= 15 is 0 Å². The Morgan fingerprint density at radius 2 is 1.53 bits per heavy atom. The third-order valence-electron chi connectivity index (χ3n) is 9.54. The number of ether oxygens (including phenoxy) is 1. The highest BCUT2D eigenvalue weighted by Gasteiger charge is 2.39. The van der Waals surface area contributed by atoms with Gasteiger partial charge in [0.15, 0.2) is 15.7 Å². The molecule has 2 aromatic heterocycles. The number of alkyl halides is 3. The number of halogens is 6. The summed E-state index contributed by atoms with van der Waals surface area (Å²) >= 11 is 6.79. The van der Waals surface area contributed by atoms with Crippen molar-refractivity contribution in [1.82, 2.24) is 20.1 Å². The molecular formula is C40H43ClF5N5O8S3. The molecule has 62 heavy (non-hydrogen) atoms. The van der Waals surface area contributed by atoms with E-state index in [9.17, 15) is 52.0 Å². The number of aromatic nitrogens is 3. The monoisotopic (exact) mass is 947 g/mol. The van der Waals surface area contributed by atoms with Crippen molar-refractivity contribution in [2.75, 3.05) is 22.5 Å². The molecule has 0 spiro atoms. The van der Waals surface area contributed by atoms with E-state index in [1.54, 1.807) is 52.0 Å². The molecule has 2 heterocycles. The Morgan fingerprint density at radius 3 is 2.05 bits per heavy atom. The number of fused-ring (bicyclic) bond motifs is 2. The lowest BCUT2D eigenvalue weighted by Crippen LogP contribution is -2.44. The maximum atomic E-state index is 14.7. The van der Waals surface area contributed by atoms with E-state index in [0.29, 0.717) is 23.3 Å². The second-order valence-electron chi connectivity index (χ2n) is 16.4. The number of sulfonamides is 2. The van der Waals surface area contributed by atoms with Crippen molar-refractivity contribution in [2.45, 2.75) is 83.5 Å². The van der Waals surface area contributed by atoms with E-state index in [1.165, 1.54) is 13.8 Å². The zero-order chi connectivity index (χ0) is 46.7. The molecule has 0 saturated carbocycles. The van der Waals surface area contributed by atoms with Crippen LogP contribution in [0.4, 0.5) is 32.6 Å². The van der Waals surface area contributed by atoms with Crippen molar-refractivity contribution in [2.24, 2.45) is 5.92 Å². The molecule has 4 aromatic rings. The SMILES string of the molecule is CC1CC(Cl)=c2c(N(S(C)(=O)=O)S(C)(=O)=O)nn(CC(F)(F)F)c2=C1c1c([C@H](Cc2cc(F)cc(F)c2)NC(=O)OC(C)(C)C)nc(C#CC(C)(C)S(C)(=O)=O)c2ccccc12. The number of benzene rings is 2. The molecule has 0 fully saturated rings. The molecule has 2 atom stereocenters. The molecule has 5 rings (SSSR count). The molecule has 1 unspecified atom stereocenters. The van der Waals surface area contributed by atoms with Gasteiger partial charge in [-0.15, -0.1) is 3.71 Å². The lowest BCUT2D eigenvalue weighted by molar-refractivity contribution is -0.143. The summed E-state index contributed by atoms with van der Waals surface area (Å²) in [5.41, 5.74) is -1.37. The van der Waals surface area contributed by atoms with Gasteiger partial charge in [0, 0.05) is 28.3 Å². The second-order valence-corrected chi connectivity index (χ2v) is 23.4. The summed E-state index contributed by atoms with van der Waals surface area (Å²) in [5.74, 6) is 1.75. The minimum Gasteiger partial charge on any atom is -0.444 e. The average molecular weight is 948 g/mol. The summed E-state index contributed by atoms with van der Waals surface area (Å²) in [6, 6.07) is 7.37. The lowest BCUT2D eigenvalue weighted by atomic mass is 9.82. The van der Waals surface area contributed by atoms with Crippen LogP contribution in [0.3, 0.4) is 0 Å². The molecule has 336 valence electrons. The van der Waals surface area contributed by atoms with Crippen LogP contribution in [0.25, 0.3) is 21.4 Å². The van der Waals surface area contributed by atoms with Gasteiger partial charge in [0.1, 0.15) is 34.2 Å². The quantitative estimate of drug-likeness (QED) is 0.157. The van der Waals surface area contributed by atoms with Crippen LogP contribution in [0.15, 0.2) is 42.5 Å². The van der Waals surface area contributed by atoms with Crippen molar-refractivity contribution in [1.29, 1.82) is 0 Å². The summed E-state index contributed by atoms with van der Waals surface area (Å²) < 4.78 is 155. The summed E-state index contributed by atoms with van der Waals surface area (Å²) in [4.78, 5) is 18.5. The van der Waals surface area contributed by atoms with Gasteiger partial charge in [-0.3, -0.25) is 4.68 Å². The van der Waals surface area contributed by atoms with Crippen molar-refractivity contribution in [3.8, 4) is 11.8 Å². The van der Waals surface area contributed by atoms with Crippen LogP contribution in [0.2, 0.25) is 0 Å². The third kappa shape index (κ3) is 10.7. The summed E-state index contributed by atoms with van der Waals surface area (Å²) in [6.07, 6.45) is -4.70. The smallest absolute Gasteiger partial charge is 0.408 e. The number of rotatable bonds is 10. The van der Waals surface area contributed by atoms with E-state index < -0.39 is 105 Å². The molecule has 0 aliphatic heterocycles. The minimum atomic E-state index is -5.03. The van der Waals surface area contributed by atoms with Crippen LogP contribution in [0.1, 0.15) is 76.5 Å². The van der Waals surface area contributed by atoms with Gasteiger partial charge in [-0.1, -0.05) is 48.7 Å². The van der Waals surface area contributed by atoms with Gasteiger partial charge >= 0.3 is 12.3 Å². The zero-order valence-electron chi connectivity index (χ0n) is 34.9. The molecule has 1 N–H and O–H groups in total. The van der Waals surface area contributed by atoms with E-state index in [0.717, 1.165) is 18.4 Å². The van der Waals surface area contributed by atoms with E-state index in [2.05, 4.69) is 22.3 Å². The molecule has 0 bridgehead atoms. The normalized spacial score (nSPS) is 15.8. The Morgan fingerprint density at radius 1 is 0.968 bits per heavy atom. The van der Waals surface area contributed by atoms with Gasteiger partial charge in [0.25, 0.3) is 0 Å². The highest BCUT2D eigenvalue weighted by molar-refractivity contribution is 8.09. The third-order valence-corrected chi connectivity index (χ3v) is 15.0. The molecule has 1 aliphatic rings. The number of hydrogen-bond donors (Lipinski definition) is 1. The van der Waals surface area contributed by atoms with Gasteiger partial charge in [0.05, 0.1) is 34.8 Å². The number of alkyl carbamates (subject to hydrolysis) is 1. The fraction of sp³-hybridized carbons (Fsp3) is 0.425. The fourth-order valence-electron chi connectivity index (χ4n) is 6.86. The number of anilines is 1. The maximum absolute atomic E-state index is 14.7. The van der Waals surface area contributed by atoms with Gasteiger partial charge < -0.3 is 10.1 Å². The molecule has 1 aliphatic carbocycles. The first-order valence-electron chi connectivity index (χ1n) is 18.6. The number of sulfone groups is 1. The number of carbonyl (C=O) groups excluding carboxylic acids is 1. The van der Waals surface area contributed by atoms with E-state index in [4.69, 9.17) is 21.3 Å². The first-order chi connectivity index (χ1) is 28.2. The lowest BCUT2D eigenvalue weighted by Gasteiger charge is -2.29. The van der Waals surface area contributed by atoms with Crippen molar-refractivity contribution in [3.05, 3.63) is 87.2 Å². The summed E-state index contributed by atoms with van der Waals surface area (Å²) in [7, 11) is -13.4. The van der Waals surface area contributed by atoms with Crippen LogP contribution in [-0.2, 0) is 47.6 Å². The van der Waals surface area contributed by atoms with E-state index in [-0.39, 0.29) is 54.0 Å². The van der Waals surface area contributed by atoms with Crippen LogP contribution >= 0.6 is 11.6 Å². The Bertz CT molecular complexity index is 2980. The van der Waals surface area contributed by atoms with Crippen LogP contribution in [0.5, 0.6) is 0 Å². The van der Waals surface area contributed by atoms with E-state index in [1.807, 2.05) is 0 Å². The predicted molar refractivity (Wildman–Crippen MR) is 225 cm³/mol. The highest BCUT2D eigenvalue weighted by Crippen LogP contribution is 2.40. The average Bonchev–Trinajstić information content (AvgIpc) is 3.40. The zero-order valence-corrected chi connectivity index (χ0v) is 38.1. The topological polar surface area (TPSA) is 175 Å². The van der Waals surface area contributed by atoms with Crippen LogP contribution in [-0.4, -0.2) is 81.4 Å². The van der Waals surface area contributed by atoms with Gasteiger partial charge in [-0.05, 0) is 88.0 Å². The highest BCUT2D eigenvalue weighted by atomic mass is 35.5. The van der Waals surface area contributed by atoms with Crippen LogP contribution < -0.4 is 19.6 Å². The Hall–Kier alpha value is -4.78. The summed E-state index contributed by atoms with van der Waals surface area (Å²) in [5, 5.41) is 5.94. The molecular weight excluding hydrogens is 905 g/mol. The largest absolute Gasteiger partial charge is 0.444 e. The number of pyridine rings is 1. The van der Waals surface area contributed by atoms with Gasteiger partial charge in [0.2, 0.25) is 20.0 Å². The molecule has 22 heteroatoms.